The summed E-state index contributed by atoms with van der Waals surface area (Å²) < 4.78 is 2.59. The number of nitrogens with zero attached hydrogens (tertiary/aromatic N) is 3. The van der Waals surface area contributed by atoms with Gasteiger partial charge in [-0.15, -0.1) is 11.3 Å². The fraction of sp³-hybridized carbons (Fsp3) is 0.0556. The summed E-state index contributed by atoms with van der Waals surface area (Å²) in [4.78, 5) is 15.2. The van der Waals surface area contributed by atoms with Crippen molar-refractivity contribution < 1.29 is 0 Å². The summed E-state index contributed by atoms with van der Waals surface area (Å²) in [5, 5.41) is 4.98. The first-order valence-electron chi connectivity index (χ1n) is 19.7. The van der Waals surface area contributed by atoms with Gasteiger partial charge >= 0.3 is 0 Å². The number of thiophene rings is 1. The van der Waals surface area contributed by atoms with Crippen molar-refractivity contribution in [1.29, 1.82) is 0 Å². The van der Waals surface area contributed by atoms with Gasteiger partial charge in [-0.25, -0.2) is 15.0 Å². The highest BCUT2D eigenvalue weighted by molar-refractivity contribution is 7.17. The van der Waals surface area contributed by atoms with Gasteiger partial charge in [-0.2, -0.15) is 0 Å². The van der Waals surface area contributed by atoms with Crippen LogP contribution in [0.3, 0.4) is 0 Å². The van der Waals surface area contributed by atoms with Crippen molar-refractivity contribution in [2.75, 3.05) is 0 Å². The van der Waals surface area contributed by atoms with Gasteiger partial charge in [0.25, 0.3) is 0 Å². The standard InChI is InChI=1S/C54H37N3S/c1-33-30-45-42-19-10-12-23-48(42)58-50(45)44-21-8-7-20-43(44)49(33)38-17-13-16-37(31-38)34-24-26-36(27-25-34)52-55-51(35-14-5-4-6-15-35)56-53(57-52)39-28-29-41-40-18-9-11-22-46(40)54(2,3)47(41)32-39/h4-32H,1H2,2-3H3. The van der Waals surface area contributed by atoms with Gasteiger partial charge in [0, 0.05) is 47.2 Å². The van der Waals surface area contributed by atoms with Gasteiger partial charge in [-0.3, -0.25) is 0 Å². The first-order valence-corrected chi connectivity index (χ1v) is 20.5. The Morgan fingerprint density at radius 3 is 1.86 bits per heavy atom. The van der Waals surface area contributed by atoms with Crippen molar-refractivity contribution in [3.05, 3.63) is 219 Å². The van der Waals surface area contributed by atoms with Crippen LogP contribution in [-0.2, 0) is 5.41 Å². The molecule has 2 aliphatic carbocycles. The van der Waals surface area contributed by atoms with E-state index in [-0.39, 0.29) is 5.41 Å². The molecule has 2 aliphatic rings. The van der Waals surface area contributed by atoms with Crippen LogP contribution in [0.4, 0.5) is 0 Å². The Morgan fingerprint density at radius 1 is 0.466 bits per heavy atom. The average molecular weight is 760 g/mol. The monoisotopic (exact) mass is 759 g/mol. The summed E-state index contributed by atoms with van der Waals surface area (Å²) in [6.45, 7) is 9.25. The average Bonchev–Trinajstić information content (AvgIpc) is 3.70. The van der Waals surface area contributed by atoms with E-state index in [4.69, 9.17) is 15.0 Å². The Kier molecular flexibility index (Phi) is 7.85. The minimum Gasteiger partial charge on any atom is -0.208 e. The van der Waals surface area contributed by atoms with Crippen molar-refractivity contribution in [3.8, 4) is 56.4 Å². The van der Waals surface area contributed by atoms with Crippen LogP contribution < -0.4 is 10.4 Å². The van der Waals surface area contributed by atoms with Crippen LogP contribution in [0.15, 0.2) is 182 Å². The number of allylic oxidation sites excluding steroid dienone is 1. The lowest BCUT2D eigenvalue weighted by Crippen LogP contribution is -2.15. The number of fused-ring (bicyclic) bond motifs is 7. The second kappa shape index (κ2) is 13.3. The Morgan fingerprint density at radius 2 is 1.05 bits per heavy atom. The van der Waals surface area contributed by atoms with Crippen molar-refractivity contribution in [1.82, 2.24) is 15.0 Å². The molecule has 0 amide bonds. The molecule has 7 aromatic carbocycles. The van der Waals surface area contributed by atoms with Gasteiger partial charge in [0.2, 0.25) is 0 Å². The minimum absolute atomic E-state index is 0.126. The van der Waals surface area contributed by atoms with Crippen LogP contribution in [0.1, 0.15) is 30.5 Å². The minimum atomic E-state index is -0.126. The zero-order valence-electron chi connectivity index (χ0n) is 32.2. The Balaban J connectivity index is 0.992. The van der Waals surface area contributed by atoms with E-state index < -0.39 is 0 Å². The first-order chi connectivity index (χ1) is 28.4. The quantitative estimate of drug-likeness (QED) is 0.175. The first kappa shape index (κ1) is 34.3. The third-order valence-corrected chi connectivity index (χ3v) is 13.1. The second-order valence-corrected chi connectivity index (χ2v) is 16.7. The van der Waals surface area contributed by atoms with Crippen molar-refractivity contribution in [2.24, 2.45) is 0 Å². The van der Waals surface area contributed by atoms with E-state index in [1.165, 1.54) is 52.5 Å². The maximum absolute atomic E-state index is 5.13. The molecule has 0 atom stereocenters. The molecule has 4 heteroatoms. The number of hydrogen-bond donors (Lipinski definition) is 0. The van der Waals surface area contributed by atoms with Crippen LogP contribution in [-0.4, -0.2) is 15.0 Å². The molecule has 0 N–H and O–H groups in total. The van der Waals surface area contributed by atoms with Crippen LogP contribution in [0.25, 0.3) is 78.2 Å². The Labute approximate surface area is 341 Å². The summed E-state index contributed by atoms with van der Waals surface area (Å²) in [7, 11) is 0. The molecule has 2 aromatic heterocycles. The largest absolute Gasteiger partial charge is 0.208 e. The summed E-state index contributed by atoms with van der Waals surface area (Å²) in [6.07, 6.45) is 2.28. The van der Waals surface area contributed by atoms with E-state index in [9.17, 15) is 0 Å². The van der Waals surface area contributed by atoms with E-state index in [2.05, 4.69) is 178 Å². The number of rotatable bonds is 5. The molecule has 0 aliphatic heterocycles. The molecule has 58 heavy (non-hydrogen) atoms. The number of hydrogen-bond acceptors (Lipinski definition) is 4. The van der Waals surface area contributed by atoms with Gasteiger partial charge in [0.1, 0.15) is 0 Å². The van der Waals surface area contributed by atoms with Crippen LogP contribution in [0.5, 0.6) is 0 Å². The summed E-state index contributed by atoms with van der Waals surface area (Å²) in [5.41, 5.74) is 13.5. The molecule has 0 fully saturated rings. The molecular formula is C54H37N3S. The van der Waals surface area contributed by atoms with Gasteiger partial charge in [-0.1, -0.05) is 172 Å². The third-order valence-electron chi connectivity index (χ3n) is 11.9. The fourth-order valence-electron chi connectivity index (χ4n) is 8.93. The molecule has 2 heterocycles. The van der Waals surface area contributed by atoms with E-state index in [0.717, 1.165) is 44.5 Å². The molecule has 0 spiro atoms. The van der Waals surface area contributed by atoms with Crippen molar-refractivity contribution >= 4 is 33.1 Å². The lowest BCUT2D eigenvalue weighted by Gasteiger charge is -2.21. The van der Waals surface area contributed by atoms with Gasteiger partial charge in [0.05, 0.1) is 0 Å². The molecule has 0 unspecified atom stereocenters. The Bertz CT molecular complexity index is 3380. The van der Waals surface area contributed by atoms with Gasteiger partial charge < -0.3 is 0 Å². The van der Waals surface area contributed by atoms with Crippen molar-refractivity contribution in [2.45, 2.75) is 19.3 Å². The molecule has 0 bridgehead atoms. The van der Waals surface area contributed by atoms with Crippen LogP contribution in [0, 0.1) is 9.75 Å². The third kappa shape index (κ3) is 5.52. The molecule has 0 saturated carbocycles. The highest BCUT2D eigenvalue weighted by atomic mass is 32.1. The molecule has 274 valence electrons. The predicted octanol–water partition coefficient (Wildman–Crippen LogP) is 11.9. The Hall–Kier alpha value is -7.01. The summed E-state index contributed by atoms with van der Waals surface area (Å²) >= 11 is 1.86. The predicted molar refractivity (Wildman–Crippen MR) is 240 cm³/mol. The van der Waals surface area contributed by atoms with E-state index >= 15 is 0 Å². The molecule has 0 radical (unpaired) electrons. The number of aromatic nitrogens is 3. The van der Waals surface area contributed by atoms with Crippen LogP contribution in [0.2, 0.25) is 0 Å². The van der Waals surface area contributed by atoms with Gasteiger partial charge in [0.15, 0.2) is 17.5 Å². The normalized spacial score (nSPS) is 13.6. The lowest BCUT2D eigenvalue weighted by atomic mass is 9.82. The molecule has 3 nitrogen and oxygen atoms in total. The highest BCUT2D eigenvalue weighted by Crippen LogP contribution is 2.49. The van der Waals surface area contributed by atoms with E-state index in [1.54, 1.807) is 0 Å². The summed E-state index contributed by atoms with van der Waals surface area (Å²) in [6, 6.07) is 60.4. The smallest absolute Gasteiger partial charge is 0.164 e. The van der Waals surface area contributed by atoms with Crippen LogP contribution >= 0.6 is 11.3 Å². The second-order valence-electron chi connectivity index (χ2n) is 15.7. The lowest BCUT2D eigenvalue weighted by molar-refractivity contribution is 0.660. The number of benzene rings is 7. The topological polar surface area (TPSA) is 38.7 Å². The zero-order chi connectivity index (χ0) is 39.0. The van der Waals surface area contributed by atoms with Gasteiger partial charge in [-0.05, 0) is 79.6 Å². The maximum Gasteiger partial charge on any atom is 0.164 e. The maximum atomic E-state index is 5.13. The van der Waals surface area contributed by atoms with E-state index in [0.29, 0.717) is 17.5 Å². The van der Waals surface area contributed by atoms with Crippen molar-refractivity contribution in [3.63, 3.8) is 0 Å². The molecular weight excluding hydrogens is 723 g/mol. The fourth-order valence-corrected chi connectivity index (χ4v) is 10.1. The summed E-state index contributed by atoms with van der Waals surface area (Å²) in [5.74, 6) is 1.96. The molecule has 11 rings (SSSR count). The molecule has 9 aromatic rings. The molecule has 0 saturated heterocycles. The SMILES string of the molecule is C=C1C=c2c(sc3ccccc23)=c2ccccc2=C1c1cccc(-c2ccc(-c3nc(-c4ccccc4)nc(-c4ccc5c(c4)C(C)(C)c4ccccc4-5)n3)cc2)c1. The zero-order valence-corrected chi connectivity index (χ0v) is 33.0. The van der Waals surface area contributed by atoms with E-state index in [1.807, 2.05) is 29.5 Å². The highest BCUT2D eigenvalue weighted by Gasteiger charge is 2.35.